The third kappa shape index (κ3) is 5.85. The number of aryl methyl sites for hydroxylation is 2. The van der Waals surface area contributed by atoms with Crippen LogP contribution in [0.3, 0.4) is 0 Å². The third-order valence-electron chi connectivity index (χ3n) is 7.14. The molecule has 38 heavy (non-hydrogen) atoms. The van der Waals surface area contributed by atoms with Crippen LogP contribution in [0.4, 0.5) is 0 Å². The van der Waals surface area contributed by atoms with Crippen LogP contribution in [0.25, 0.3) is 11.8 Å². The van der Waals surface area contributed by atoms with E-state index >= 15 is 0 Å². The molecular formula is C31H36N6O. The molecule has 0 unspecified atom stereocenters. The summed E-state index contributed by atoms with van der Waals surface area (Å²) in [5, 5.41) is 13.2. The maximum atomic E-state index is 5.71. The molecule has 0 saturated carbocycles. The summed E-state index contributed by atoms with van der Waals surface area (Å²) in [6, 6.07) is 25.1. The van der Waals surface area contributed by atoms with Gasteiger partial charge in [-0.2, -0.15) is 4.68 Å². The van der Waals surface area contributed by atoms with Gasteiger partial charge in [0.2, 0.25) is 0 Å². The van der Waals surface area contributed by atoms with Crippen molar-refractivity contribution in [3.63, 3.8) is 0 Å². The van der Waals surface area contributed by atoms with Crippen LogP contribution in [-0.2, 0) is 0 Å². The second-order valence-electron chi connectivity index (χ2n) is 9.74. The Morgan fingerprint density at radius 3 is 2.26 bits per heavy atom. The van der Waals surface area contributed by atoms with Crippen LogP contribution in [0.1, 0.15) is 41.0 Å². The number of tetrazole rings is 1. The van der Waals surface area contributed by atoms with Crippen molar-refractivity contribution in [2.75, 3.05) is 39.3 Å². The molecule has 0 N–H and O–H groups in total. The Bertz CT molecular complexity index is 1320. The topological polar surface area (TPSA) is 59.3 Å². The molecule has 3 aromatic carbocycles. The van der Waals surface area contributed by atoms with Crippen LogP contribution in [0.2, 0.25) is 0 Å². The van der Waals surface area contributed by atoms with Gasteiger partial charge in [0.25, 0.3) is 0 Å². The highest BCUT2D eigenvalue weighted by Crippen LogP contribution is 2.32. The fraction of sp³-hybridized carbons (Fsp3) is 0.323. The summed E-state index contributed by atoms with van der Waals surface area (Å²) in [6.45, 7) is 11.6. The lowest BCUT2D eigenvalue weighted by Gasteiger charge is -2.38. The van der Waals surface area contributed by atoms with E-state index in [0.29, 0.717) is 6.61 Å². The molecule has 1 aliphatic heterocycles. The molecule has 5 rings (SSSR count). The van der Waals surface area contributed by atoms with Crippen LogP contribution in [0, 0.1) is 13.8 Å². The van der Waals surface area contributed by atoms with Gasteiger partial charge in [-0.1, -0.05) is 72.8 Å². The van der Waals surface area contributed by atoms with Crippen LogP contribution in [-0.4, -0.2) is 69.3 Å². The number of para-hydroxylation sites is 1. The molecule has 0 amide bonds. The maximum absolute atomic E-state index is 5.71. The summed E-state index contributed by atoms with van der Waals surface area (Å²) in [5.41, 5.74) is 5.75. The Morgan fingerprint density at radius 1 is 0.868 bits per heavy atom. The average Bonchev–Trinajstić information content (AvgIpc) is 3.40. The van der Waals surface area contributed by atoms with Crippen molar-refractivity contribution < 1.29 is 4.74 Å². The van der Waals surface area contributed by atoms with Gasteiger partial charge < -0.3 is 4.74 Å². The van der Waals surface area contributed by atoms with Crippen molar-refractivity contribution in [1.82, 2.24) is 30.0 Å². The first-order valence-corrected chi connectivity index (χ1v) is 13.4. The highest BCUT2D eigenvalue weighted by Gasteiger charge is 2.31. The first-order chi connectivity index (χ1) is 18.6. The third-order valence-corrected chi connectivity index (χ3v) is 7.14. The van der Waals surface area contributed by atoms with Gasteiger partial charge in [-0.05, 0) is 65.6 Å². The second kappa shape index (κ2) is 12.2. The SMILES string of the molecule is CCOc1ccc([C@@H](c2nnnn2-c2c(C)cccc2C)N2CCN(C/C=C/c3ccccc3)CC2)cc1. The van der Waals surface area contributed by atoms with E-state index < -0.39 is 0 Å². The Balaban J connectivity index is 1.39. The minimum Gasteiger partial charge on any atom is -0.494 e. The zero-order valence-corrected chi connectivity index (χ0v) is 22.5. The normalized spacial score (nSPS) is 15.7. The predicted octanol–water partition coefficient (Wildman–Crippen LogP) is 5.10. The van der Waals surface area contributed by atoms with Gasteiger partial charge in [0.15, 0.2) is 5.82 Å². The molecule has 1 aromatic heterocycles. The molecule has 1 atom stereocenters. The standard InChI is InChI=1S/C31H36N6O/c1-4-38-28-17-15-27(16-18-28)30(31-32-33-34-37(31)29-24(2)10-8-11-25(29)3)36-22-20-35(21-23-36)19-9-14-26-12-6-5-7-13-26/h5-18,30H,4,19-23H2,1-3H3/b14-9+/t30-/m0/s1. The molecule has 1 saturated heterocycles. The van der Waals surface area contributed by atoms with Crippen molar-refractivity contribution in [2.24, 2.45) is 0 Å². The Kier molecular flexibility index (Phi) is 8.26. The van der Waals surface area contributed by atoms with Crippen molar-refractivity contribution >= 4 is 6.08 Å². The van der Waals surface area contributed by atoms with Gasteiger partial charge in [0.05, 0.1) is 18.3 Å². The van der Waals surface area contributed by atoms with Crippen molar-refractivity contribution in [3.05, 3.63) is 107 Å². The van der Waals surface area contributed by atoms with E-state index in [1.165, 1.54) is 5.56 Å². The summed E-state index contributed by atoms with van der Waals surface area (Å²) >= 11 is 0. The Morgan fingerprint density at radius 2 is 1.58 bits per heavy atom. The van der Waals surface area contributed by atoms with E-state index in [-0.39, 0.29) is 6.04 Å². The minimum atomic E-state index is -0.0679. The maximum Gasteiger partial charge on any atom is 0.178 e. The molecule has 1 aliphatic rings. The predicted molar refractivity (Wildman–Crippen MR) is 152 cm³/mol. The summed E-state index contributed by atoms with van der Waals surface area (Å²) < 4.78 is 7.64. The van der Waals surface area contributed by atoms with Crippen molar-refractivity contribution in [3.8, 4) is 11.4 Å². The number of nitrogens with zero attached hydrogens (tertiary/aromatic N) is 6. The molecule has 1 fully saturated rings. The Hall–Kier alpha value is -3.81. The quantitative estimate of drug-likeness (QED) is 0.314. The highest BCUT2D eigenvalue weighted by atomic mass is 16.5. The summed E-state index contributed by atoms with van der Waals surface area (Å²) in [4.78, 5) is 5.00. The lowest BCUT2D eigenvalue weighted by Crippen LogP contribution is -2.48. The molecular weight excluding hydrogens is 472 g/mol. The van der Waals surface area contributed by atoms with Gasteiger partial charge in [-0.3, -0.25) is 9.80 Å². The number of aromatic nitrogens is 4. The molecule has 0 aliphatic carbocycles. The summed E-state index contributed by atoms with van der Waals surface area (Å²) in [6.07, 6.45) is 4.46. The molecule has 7 nitrogen and oxygen atoms in total. The number of piperazine rings is 1. The Labute approximate surface area is 225 Å². The first-order valence-electron chi connectivity index (χ1n) is 13.4. The smallest absolute Gasteiger partial charge is 0.178 e. The number of hydrogen-bond acceptors (Lipinski definition) is 6. The lowest BCUT2D eigenvalue weighted by molar-refractivity contribution is 0.113. The van der Waals surface area contributed by atoms with Crippen molar-refractivity contribution in [2.45, 2.75) is 26.8 Å². The van der Waals surface area contributed by atoms with Crippen LogP contribution >= 0.6 is 0 Å². The molecule has 0 radical (unpaired) electrons. The molecule has 2 heterocycles. The first kappa shape index (κ1) is 25.8. The van der Waals surface area contributed by atoms with Gasteiger partial charge in [0, 0.05) is 32.7 Å². The monoisotopic (exact) mass is 508 g/mol. The average molecular weight is 509 g/mol. The molecule has 4 aromatic rings. The van der Waals surface area contributed by atoms with E-state index in [1.54, 1.807) is 0 Å². The van der Waals surface area contributed by atoms with Crippen LogP contribution < -0.4 is 4.74 Å². The van der Waals surface area contributed by atoms with E-state index in [1.807, 2.05) is 29.8 Å². The largest absolute Gasteiger partial charge is 0.494 e. The molecule has 196 valence electrons. The van der Waals surface area contributed by atoms with E-state index in [0.717, 1.165) is 66.7 Å². The van der Waals surface area contributed by atoms with Gasteiger partial charge in [-0.15, -0.1) is 5.10 Å². The van der Waals surface area contributed by atoms with Crippen LogP contribution in [0.5, 0.6) is 5.75 Å². The second-order valence-corrected chi connectivity index (χ2v) is 9.74. The summed E-state index contributed by atoms with van der Waals surface area (Å²) in [5.74, 6) is 1.71. The number of ether oxygens (including phenoxy) is 1. The zero-order chi connectivity index (χ0) is 26.3. The van der Waals surface area contributed by atoms with Crippen molar-refractivity contribution in [1.29, 1.82) is 0 Å². The zero-order valence-electron chi connectivity index (χ0n) is 22.5. The van der Waals surface area contributed by atoms with E-state index in [9.17, 15) is 0 Å². The number of hydrogen-bond donors (Lipinski definition) is 0. The molecule has 0 bridgehead atoms. The van der Waals surface area contributed by atoms with Gasteiger partial charge in [0.1, 0.15) is 5.75 Å². The van der Waals surface area contributed by atoms with Gasteiger partial charge >= 0.3 is 0 Å². The minimum absolute atomic E-state index is 0.0679. The highest BCUT2D eigenvalue weighted by molar-refractivity contribution is 5.49. The fourth-order valence-electron chi connectivity index (χ4n) is 5.21. The number of rotatable bonds is 9. The fourth-order valence-corrected chi connectivity index (χ4v) is 5.21. The molecule has 7 heteroatoms. The molecule has 0 spiro atoms. The number of benzene rings is 3. The van der Waals surface area contributed by atoms with Gasteiger partial charge in [-0.25, -0.2) is 0 Å². The lowest BCUT2D eigenvalue weighted by atomic mass is 10.0. The van der Waals surface area contributed by atoms with E-state index in [4.69, 9.17) is 4.74 Å². The van der Waals surface area contributed by atoms with Crippen LogP contribution in [0.15, 0.2) is 78.9 Å². The summed E-state index contributed by atoms with van der Waals surface area (Å²) in [7, 11) is 0. The van der Waals surface area contributed by atoms with E-state index in [2.05, 4.69) is 106 Å².